The first-order valence-corrected chi connectivity index (χ1v) is 8.32. The molecule has 3 rings (SSSR count). The predicted octanol–water partition coefficient (Wildman–Crippen LogP) is 3.92. The van der Waals surface area contributed by atoms with E-state index in [0.29, 0.717) is 12.0 Å². The zero-order valence-electron chi connectivity index (χ0n) is 13.0. The maximum Gasteiger partial charge on any atom is 0.0450 e. The molecule has 0 amide bonds. The van der Waals surface area contributed by atoms with Gasteiger partial charge >= 0.3 is 0 Å². The molecule has 0 aromatic heterocycles. The van der Waals surface area contributed by atoms with Crippen molar-refractivity contribution in [2.75, 3.05) is 20.1 Å². The molecular formula is C19H23ClN2. The second-order valence-corrected chi connectivity index (χ2v) is 6.55. The lowest BCUT2D eigenvalue weighted by molar-refractivity contribution is 0.205. The minimum absolute atomic E-state index is 0.495. The SMILES string of the molecule is CN1CC[C@H](NCc2ccccc2Cl)[C@@H](c2ccccc2)C1. The highest BCUT2D eigenvalue weighted by atomic mass is 35.5. The van der Waals surface area contributed by atoms with Gasteiger partial charge in [-0.05, 0) is 37.2 Å². The van der Waals surface area contributed by atoms with E-state index in [1.165, 1.54) is 17.5 Å². The molecule has 0 radical (unpaired) electrons. The first-order valence-electron chi connectivity index (χ1n) is 7.94. The van der Waals surface area contributed by atoms with Gasteiger partial charge in [0.2, 0.25) is 0 Å². The van der Waals surface area contributed by atoms with Crippen molar-refractivity contribution in [1.29, 1.82) is 0 Å². The number of benzene rings is 2. The zero-order chi connectivity index (χ0) is 15.4. The van der Waals surface area contributed by atoms with Crippen LogP contribution >= 0.6 is 11.6 Å². The fraction of sp³-hybridized carbons (Fsp3) is 0.368. The Hall–Kier alpha value is -1.35. The van der Waals surface area contributed by atoms with Gasteiger partial charge in [-0.2, -0.15) is 0 Å². The fourth-order valence-corrected chi connectivity index (χ4v) is 3.48. The molecule has 2 aromatic rings. The summed E-state index contributed by atoms with van der Waals surface area (Å²) in [6, 6.07) is 19.4. The number of nitrogens with one attached hydrogen (secondary N) is 1. The van der Waals surface area contributed by atoms with Gasteiger partial charge in [0.25, 0.3) is 0 Å². The Kier molecular flexibility index (Phi) is 5.14. The van der Waals surface area contributed by atoms with E-state index < -0.39 is 0 Å². The van der Waals surface area contributed by atoms with E-state index in [-0.39, 0.29) is 0 Å². The molecule has 1 heterocycles. The molecular weight excluding hydrogens is 292 g/mol. The molecule has 2 atom stereocenters. The molecule has 116 valence electrons. The van der Waals surface area contributed by atoms with Crippen molar-refractivity contribution in [3.8, 4) is 0 Å². The smallest absolute Gasteiger partial charge is 0.0450 e. The third-order valence-corrected chi connectivity index (χ3v) is 4.92. The van der Waals surface area contributed by atoms with Gasteiger partial charge in [0.15, 0.2) is 0 Å². The van der Waals surface area contributed by atoms with Crippen molar-refractivity contribution in [3.63, 3.8) is 0 Å². The molecule has 22 heavy (non-hydrogen) atoms. The number of piperidine rings is 1. The van der Waals surface area contributed by atoms with Crippen LogP contribution in [0.1, 0.15) is 23.5 Å². The van der Waals surface area contributed by atoms with Crippen LogP contribution < -0.4 is 5.32 Å². The second-order valence-electron chi connectivity index (χ2n) is 6.15. The minimum Gasteiger partial charge on any atom is -0.309 e. The Morgan fingerprint density at radius 2 is 1.82 bits per heavy atom. The van der Waals surface area contributed by atoms with Crippen molar-refractivity contribution in [2.24, 2.45) is 0 Å². The third-order valence-electron chi connectivity index (χ3n) is 4.56. The first-order chi connectivity index (χ1) is 10.7. The quantitative estimate of drug-likeness (QED) is 0.920. The molecule has 0 saturated carbocycles. The first kappa shape index (κ1) is 15.5. The Balaban J connectivity index is 1.72. The van der Waals surface area contributed by atoms with Gasteiger partial charge in [0, 0.05) is 30.1 Å². The maximum atomic E-state index is 6.27. The van der Waals surface area contributed by atoms with E-state index in [2.05, 4.69) is 53.7 Å². The van der Waals surface area contributed by atoms with Crippen LogP contribution in [0.2, 0.25) is 5.02 Å². The summed E-state index contributed by atoms with van der Waals surface area (Å²) in [7, 11) is 2.21. The van der Waals surface area contributed by atoms with E-state index in [1.807, 2.05) is 18.2 Å². The van der Waals surface area contributed by atoms with Crippen molar-refractivity contribution in [3.05, 3.63) is 70.7 Å². The van der Waals surface area contributed by atoms with Crippen molar-refractivity contribution < 1.29 is 0 Å². The topological polar surface area (TPSA) is 15.3 Å². The van der Waals surface area contributed by atoms with Gasteiger partial charge < -0.3 is 10.2 Å². The number of nitrogens with zero attached hydrogens (tertiary/aromatic N) is 1. The summed E-state index contributed by atoms with van der Waals surface area (Å²) in [6.07, 6.45) is 1.17. The molecule has 1 fully saturated rings. The van der Waals surface area contributed by atoms with Crippen molar-refractivity contribution >= 4 is 11.6 Å². The normalized spacial score (nSPS) is 22.6. The van der Waals surface area contributed by atoms with E-state index in [1.54, 1.807) is 0 Å². The van der Waals surface area contributed by atoms with Crippen LogP contribution in [0.25, 0.3) is 0 Å². The summed E-state index contributed by atoms with van der Waals surface area (Å²) in [5.41, 5.74) is 2.60. The lowest BCUT2D eigenvalue weighted by Gasteiger charge is -2.37. The van der Waals surface area contributed by atoms with Crippen LogP contribution in [0.15, 0.2) is 54.6 Å². The van der Waals surface area contributed by atoms with Gasteiger partial charge in [-0.25, -0.2) is 0 Å². The molecule has 2 aromatic carbocycles. The average Bonchev–Trinajstić information content (AvgIpc) is 2.56. The molecule has 0 bridgehead atoms. The summed E-state index contributed by atoms with van der Waals surface area (Å²) in [5.74, 6) is 0.530. The summed E-state index contributed by atoms with van der Waals surface area (Å²) in [6.45, 7) is 3.07. The number of hydrogen-bond donors (Lipinski definition) is 1. The van der Waals surface area contributed by atoms with E-state index >= 15 is 0 Å². The van der Waals surface area contributed by atoms with Gasteiger partial charge in [-0.1, -0.05) is 60.1 Å². The number of rotatable bonds is 4. The standard InChI is InChI=1S/C19H23ClN2/c1-22-12-11-19(17(14-22)15-7-3-2-4-8-15)21-13-16-9-5-6-10-18(16)20/h2-10,17,19,21H,11-14H2,1H3/t17-,19+/m1/s1. The number of likely N-dealkylation sites (N-methyl/N-ethyl adjacent to an activating group) is 1. The van der Waals surface area contributed by atoms with Crippen LogP contribution in [-0.4, -0.2) is 31.1 Å². The molecule has 3 heteroatoms. The second kappa shape index (κ2) is 7.28. The van der Waals surface area contributed by atoms with Crippen LogP contribution in [0.5, 0.6) is 0 Å². The lowest BCUT2D eigenvalue weighted by atomic mass is 9.86. The Morgan fingerprint density at radius 1 is 1.09 bits per heavy atom. The molecule has 1 aliphatic heterocycles. The van der Waals surface area contributed by atoms with E-state index in [9.17, 15) is 0 Å². The fourth-order valence-electron chi connectivity index (χ4n) is 3.28. The molecule has 0 aliphatic carbocycles. The summed E-state index contributed by atoms with van der Waals surface area (Å²) < 4.78 is 0. The van der Waals surface area contributed by atoms with Crippen LogP contribution in [0.3, 0.4) is 0 Å². The Morgan fingerprint density at radius 3 is 2.59 bits per heavy atom. The third kappa shape index (κ3) is 3.70. The molecule has 1 aliphatic rings. The highest BCUT2D eigenvalue weighted by molar-refractivity contribution is 6.31. The van der Waals surface area contributed by atoms with Crippen LogP contribution in [-0.2, 0) is 6.54 Å². The molecule has 0 spiro atoms. The maximum absolute atomic E-state index is 6.27. The highest BCUT2D eigenvalue weighted by Gasteiger charge is 2.28. The van der Waals surface area contributed by atoms with Crippen molar-refractivity contribution in [2.45, 2.75) is 24.9 Å². The van der Waals surface area contributed by atoms with Crippen molar-refractivity contribution in [1.82, 2.24) is 10.2 Å². The largest absolute Gasteiger partial charge is 0.309 e. The van der Waals surface area contributed by atoms with E-state index in [4.69, 9.17) is 11.6 Å². The monoisotopic (exact) mass is 314 g/mol. The number of halogens is 1. The van der Waals surface area contributed by atoms with Crippen LogP contribution in [0, 0.1) is 0 Å². The van der Waals surface area contributed by atoms with Crippen LogP contribution in [0.4, 0.5) is 0 Å². The molecule has 1 saturated heterocycles. The summed E-state index contributed by atoms with van der Waals surface area (Å²) in [5, 5.41) is 4.58. The Bertz CT molecular complexity index is 599. The number of hydrogen-bond acceptors (Lipinski definition) is 2. The van der Waals surface area contributed by atoms with Gasteiger partial charge in [0.1, 0.15) is 0 Å². The average molecular weight is 315 g/mol. The predicted molar refractivity (Wildman–Crippen MR) is 93.4 cm³/mol. The summed E-state index contributed by atoms with van der Waals surface area (Å²) in [4.78, 5) is 2.42. The highest BCUT2D eigenvalue weighted by Crippen LogP contribution is 2.27. The summed E-state index contributed by atoms with van der Waals surface area (Å²) >= 11 is 6.27. The molecule has 0 unspecified atom stereocenters. The minimum atomic E-state index is 0.495. The number of likely N-dealkylation sites (tertiary alicyclic amines) is 1. The molecule has 2 nitrogen and oxygen atoms in total. The van der Waals surface area contributed by atoms with Gasteiger partial charge in [-0.3, -0.25) is 0 Å². The van der Waals surface area contributed by atoms with Gasteiger partial charge in [0.05, 0.1) is 0 Å². The van der Waals surface area contributed by atoms with Gasteiger partial charge in [-0.15, -0.1) is 0 Å². The Labute approximate surface area is 138 Å². The lowest BCUT2D eigenvalue weighted by Crippen LogP contribution is -2.46. The molecule has 1 N–H and O–H groups in total. The zero-order valence-corrected chi connectivity index (χ0v) is 13.8. The van der Waals surface area contributed by atoms with E-state index in [0.717, 1.165) is 24.7 Å².